The van der Waals surface area contributed by atoms with E-state index in [1.807, 2.05) is 13.0 Å². The molecule has 3 unspecified atom stereocenters. The first-order valence-corrected chi connectivity index (χ1v) is 5.72. The number of fused-ring (bicyclic) bond motifs is 2. The van der Waals surface area contributed by atoms with E-state index in [2.05, 4.69) is 15.8 Å². The predicted octanol–water partition coefficient (Wildman–Crippen LogP) is 0.358. The third kappa shape index (κ3) is 1.24. The lowest BCUT2D eigenvalue weighted by atomic mass is 9.90. The maximum atomic E-state index is 11.9. The van der Waals surface area contributed by atoms with Gasteiger partial charge in [-0.25, -0.2) is 9.79 Å². The minimum Gasteiger partial charge on any atom is -0.391 e. The molecule has 3 aliphatic rings. The van der Waals surface area contributed by atoms with Gasteiger partial charge < -0.3 is 9.64 Å². The molecule has 92 valence electrons. The Balaban J connectivity index is 2.06. The Bertz CT molecular complexity index is 545. The zero-order valence-corrected chi connectivity index (χ0v) is 9.79. The quantitative estimate of drug-likeness (QED) is 0.454. The highest BCUT2D eigenvalue weighted by molar-refractivity contribution is 6.02. The van der Waals surface area contributed by atoms with Crippen LogP contribution in [-0.2, 0) is 14.3 Å². The van der Waals surface area contributed by atoms with E-state index < -0.39 is 17.5 Å². The summed E-state index contributed by atoms with van der Waals surface area (Å²) in [5.41, 5.74) is -0.214. The number of rotatable bonds is 0. The fourth-order valence-electron chi connectivity index (χ4n) is 2.92. The first kappa shape index (κ1) is 11.0. The van der Waals surface area contributed by atoms with Gasteiger partial charge in [0.05, 0.1) is 30.8 Å². The molecule has 0 saturated carbocycles. The van der Waals surface area contributed by atoms with Gasteiger partial charge >= 0.3 is 11.9 Å². The standard InChI is InChI=1S/C12H11N3O3/c1-7-2-9-8(5-13)3-12(15(9)6-14-7)4-10(16)18-11(12)17/h2,6,8-9H,3-4H2,1H3. The number of nitrogens with zero attached hydrogens (tertiary/aromatic N) is 3. The summed E-state index contributed by atoms with van der Waals surface area (Å²) in [5.74, 6) is -1.42. The third-order valence-corrected chi connectivity index (χ3v) is 3.77. The predicted molar refractivity (Wildman–Crippen MR) is 60.0 cm³/mol. The van der Waals surface area contributed by atoms with Crippen LogP contribution >= 0.6 is 0 Å². The summed E-state index contributed by atoms with van der Waals surface area (Å²) in [5, 5.41) is 9.20. The molecule has 0 radical (unpaired) electrons. The summed E-state index contributed by atoms with van der Waals surface area (Å²) in [4.78, 5) is 29.1. The first-order chi connectivity index (χ1) is 8.56. The molecule has 6 heteroatoms. The van der Waals surface area contributed by atoms with Gasteiger partial charge in [0.25, 0.3) is 0 Å². The highest BCUT2D eigenvalue weighted by atomic mass is 16.6. The van der Waals surface area contributed by atoms with E-state index in [-0.39, 0.29) is 18.4 Å². The molecule has 0 aliphatic carbocycles. The number of allylic oxidation sites excluding steroid dienone is 1. The molecule has 0 aromatic carbocycles. The molecule has 0 amide bonds. The van der Waals surface area contributed by atoms with E-state index >= 15 is 0 Å². The van der Waals surface area contributed by atoms with Crippen molar-refractivity contribution in [2.24, 2.45) is 10.9 Å². The number of carbonyl (C=O) groups is 2. The van der Waals surface area contributed by atoms with E-state index in [1.54, 1.807) is 11.2 Å². The molecule has 0 bridgehead atoms. The molecule has 2 fully saturated rings. The Morgan fingerprint density at radius 2 is 2.39 bits per heavy atom. The van der Waals surface area contributed by atoms with Gasteiger partial charge in [-0.3, -0.25) is 4.79 Å². The largest absolute Gasteiger partial charge is 0.391 e. The van der Waals surface area contributed by atoms with Gasteiger partial charge in [-0.15, -0.1) is 0 Å². The number of carbonyl (C=O) groups excluding carboxylic acids is 2. The topological polar surface area (TPSA) is 82.8 Å². The summed E-state index contributed by atoms with van der Waals surface area (Å²) in [7, 11) is 0. The number of nitriles is 1. The normalized spacial score (nSPS) is 37.6. The van der Waals surface area contributed by atoms with E-state index in [4.69, 9.17) is 0 Å². The van der Waals surface area contributed by atoms with Gasteiger partial charge in [0, 0.05) is 12.1 Å². The molecule has 1 spiro atoms. The highest BCUT2D eigenvalue weighted by Gasteiger charge is 2.61. The van der Waals surface area contributed by atoms with Crippen LogP contribution in [0, 0.1) is 17.2 Å². The van der Waals surface area contributed by atoms with Gasteiger partial charge in [-0.05, 0) is 13.0 Å². The maximum absolute atomic E-state index is 11.9. The number of esters is 2. The van der Waals surface area contributed by atoms with Gasteiger partial charge in [0.2, 0.25) is 0 Å². The van der Waals surface area contributed by atoms with Gasteiger partial charge in [-0.1, -0.05) is 0 Å². The molecular weight excluding hydrogens is 234 g/mol. The number of aliphatic imine (C=N–C) groups is 1. The summed E-state index contributed by atoms with van der Waals surface area (Å²) in [6.07, 6.45) is 3.73. The fraction of sp³-hybridized carbons (Fsp3) is 0.500. The van der Waals surface area contributed by atoms with Crippen LogP contribution in [-0.4, -0.2) is 34.8 Å². The lowest BCUT2D eigenvalue weighted by Crippen LogP contribution is -2.50. The van der Waals surface area contributed by atoms with E-state index in [0.29, 0.717) is 6.42 Å². The number of hydrogen-bond acceptors (Lipinski definition) is 6. The van der Waals surface area contributed by atoms with Crippen LogP contribution < -0.4 is 0 Å². The van der Waals surface area contributed by atoms with Crippen LogP contribution in [0.4, 0.5) is 0 Å². The third-order valence-electron chi connectivity index (χ3n) is 3.77. The van der Waals surface area contributed by atoms with Crippen molar-refractivity contribution in [3.8, 4) is 6.07 Å². The minimum absolute atomic E-state index is 0.000574. The summed E-state index contributed by atoms with van der Waals surface area (Å²) in [6, 6.07) is 2.00. The smallest absolute Gasteiger partial charge is 0.340 e. The van der Waals surface area contributed by atoms with Crippen LogP contribution in [0.2, 0.25) is 0 Å². The molecule has 3 atom stereocenters. The SMILES string of the molecule is CC1=CC2C(C#N)CC3(CC(=O)OC3=O)N2C=N1. The molecule has 0 aromatic heterocycles. The Kier molecular flexibility index (Phi) is 2.08. The molecule has 3 heterocycles. The van der Waals surface area contributed by atoms with Crippen LogP contribution in [0.1, 0.15) is 19.8 Å². The zero-order chi connectivity index (χ0) is 12.9. The number of cyclic esters (lactones) is 2. The second kappa shape index (κ2) is 3.42. The van der Waals surface area contributed by atoms with Crippen LogP contribution in [0.3, 0.4) is 0 Å². The number of ether oxygens (including phenoxy) is 1. The number of hydrogen-bond donors (Lipinski definition) is 0. The van der Waals surface area contributed by atoms with Crippen molar-refractivity contribution in [2.75, 3.05) is 0 Å². The monoisotopic (exact) mass is 245 g/mol. The average molecular weight is 245 g/mol. The summed E-state index contributed by atoms with van der Waals surface area (Å²) >= 11 is 0. The lowest BCUT2D eigenvalue weighted by molar-refractivity contribution is -0.154. The summed E-state index contributed by atoms with van der Waals surface area (Å²) in [6.45, 7) is 1.84. The van der Waals surface area contributed by atoms with Crippen LogP contribution in [0.5, 0.6) is 0 Å². The second-order valence-electron chi connectivity index (χ2n) is 4.86. The molecule has 0 aromatic rings. The van der Waals surface area contributed by atoms with Crippen molar-refractivity contribution in [1.82, 2.24) is 4.90 Å². The van der Waals surface area contributed by atoms with Crippen LogP contribution in [0.15, 0.2) is 16.8 Å². The van der Waals surface area contributed by atoms with Crippen molar-refractivity contribution in [3.05, 3.63) is 11.8 Å². The van der Waals surface area contributed by atoms with E-state index in [0.717, 1.165) is 5.70 Å². The average Bonchev–Trinajstić information content (AvgIpc) is 2.78. The molecule has 2 saturated heterocycles. The second-order valence-corrected chi connectivity index (χ2v) is 4.86. The van der Waals surface area contributed by atoms with Gasteiger partial charge in [0.1, 0.15) is 0 Å². The van der Waals surface area contributed by atoms with Crippen molar-refractivity contribution in [2.45, 2.75) is 31.3 Å². The van der Waals surface area contributed by atoms with Crippen molar-refractivity contribution in [1.29, 1.82) is 5.26 Å². The summed E-state index contributed by atoms with van der Waals surface area (Å²) < 4.78 is 4.66. The van der Waals surface area contributed by atoms with Gasteiger partial charge in [0.15, 0.2) is 5.54 Å². The molecule has 18 heavy (non-hydrogen) atoms. The molecule has 0 N–H and O–H groups in total. The maximum Gasteiger partial charge on any atom is 0.340 e. The minimum atomic E-state index is -1.02. The van der Waals surface area contributed by atoms with Gasteiger partial charge in [-0.2, -0.15) is 5.26 Å². The van der Waals surface area contributed by atoms with E-state index in [9.17, 15) is 14.9 Å². The van der Waals surface area contributed by atoms with E-state index in [1.165, 1.54) is 0 Å². The lowest BCUT2D eigenvalue weighted by Gasteiger charge is -2.33. The van der Waals surface area contributed by atoms with Crippen molar-refractivity contribution >= 4 is 18.3 Å². The molecular formula is C12H11N3O3. The van der Waals surface area contributed by atoms with Crippen molar-refractivity contribution < 1.29 is 14.3 Å². The molecule has 3 aliphatic heterocycles. The first-order valence-electron chi connectivity index (χ1n) is 5.72. The van der Waals surface area contributed by atoms with Crippen molar-refractivity contribution in [3.63, 3.8) is 0 Å². The fourth-order valence-corrected chi connectivity index (χ4v) is 2.92. The Hall–Kier alpha value is -2.16. The zero-order valence-electron chi connectivity index (χ0n) is 9.79. The Morgan fingerprint density at radius 3 is 3.00 bits per heavy atom. The Morgan fingerprint density at radius 1 is 1.61 bits per heavy atom. The molecule has 3 rings (SSSR count). The molecule has 6 nitrogen and oxygen atoms in total. The Labute approximate surface area is 104 Å². The van der Waals surface area contributed by atoms with Crippen LogP contribution in [0.25, 0.3) is 0 Å². The highest BCUT2D eigenvalue weighted by Crippen LogP contribution is 2.45.